The predicted molar refractivity (Wildman–Crippen MR) is 71.6 cm³/mol. The average molecular weight is 337 g/mol. The number of halogens is 2. The molecule has 2 N–H and O–H groups in total. The van der Waals surface area contributed by atoms with Gasteiger partial charge in [-0.15, -0.1) is 11.8 Å². The van der Waals surface area contributed by atoms with E-state index in [9.17, 15) is 4.39 Å². The Balaban J connectivity index is 2.16. The van der Waals surface area contributed by atoms with Crippen LogP contribution in [0.15, 0.2) is 17.0 Å². The largest absolute Gasteiger partial charge is 0.398 e. The molecule has 1 aromatic carbocycles. The highest BCUT2D eigenvalue weighted by molar-refractivity contribution is 14.1. The van der Waals surface area contributed by atoms with Crippen LogP contribution in [0.5, 0.6) is 0 Å². The fraction of sp³-hybridized carbons (Fsp3) is 0.455. The van der Waals surface area contributed by atoms with Gasteiger partial charge in [-0.05, 0) is 47.6 Å². The molecule has 1 nitrogen and oxygen atoms in total. The normalized spacial score (nSPS) is 17.2. The highest BCUT2D eigenvalue weighted by Gasteiger charge is 2.18. The minimum Gasteiger partial charge on any atom is -0.398 e. The summed E-state index contributed by atoms with van der Waals surface area (Å²) in [6.45, 7) is 0. The monoisotopic (exact) mass is 337 g/mol. The smallest absolute Gasteiger partial charge is 0.137 e. The quantitative estimate of drug-likeness (QED) is 0.651. The molecule has 1 aliphatic carbocycles. The molecule has 0 spiro atoms. The molecule has 1 aromatic rings. The third-order valence-electron chi connectivity index (χ3n) is 2.65. The van der Waals surface area contributed by atoms with E-state index in [0.717, 1.165) is 4.90 Å². The first-order chi connectivity index (χ1) is 7.16. The third-order valence-corrected chi connectivity index (χ3v) is 4.89. The van der Waals surface area contributed by atoms with Crippen molar-refractivity contribution in [3.8, 4) is 0 Å². The summed E-state index contributed by atoms with van der Waals surface area (Å²) in [5.41, 5.74) is 6.58. The van der Waals surface area contributed by atoms with Crippen LogP contribution in [0.2, 0.25) is 0 Å². The van der Waals surface area contributed by atoms with Crippen LogP contribution in [0.1, 0.15) is 25.7 Å². The molecule has 0 radical (unpaired) electrons. The van der Waals surface area contributed by atoms with Gasteiger partial charge in [-0.3, -0.25) is 0 Å². The molecule has 0 aromatic heterocycles. The molecule has 15 heavy (non-hydrogen) atoms. The second-order valence-electron chi connectivity index (χ2n) is 3.83. The van der Waals surface area contributed by atoms with Crippen LogP contribution in [0, 0.1) is 9.39 Å². The zero-order valence-electron chi connectivity index (χ0n) is 8.30. The molecule has 2 rings (SSSR count). The van der Waals surface area contributed by atoms with Crippen molar-refractivity contribution in [3.05, 3.63) is 21.5 Å². The van der Waals surface area contributed by atoms with Gasteiger partial charge in [0.1, 0.15) is 5.82 Å². The molecule has 0 bridgehead atoms. The molecule has 0 aliphatic heterocycles. The highest BCUT2D eigenvalue weighted by Crippen LogP contribution is 2.38. The fourth-order valence-electron chi connectivity index (χ4n) is 1.83. The lowest BCUT2D eigenvalue weighted by atomic mass is 10.3. The first kappa shape index (κ1) is 11.5. The minimum atomic E-state index is -0.162. The SMILES string of the molecule is Nc1cc(I)c(F)cc1SC1CCCC1. The van der Waals surface area contributed by atoms with E-state index in [1.54, 1.807) is 23.9 Å². The number of hydrogen-bond donors (Lipinski definition) is 1. The first-order valence-electron chi connectivity index (χ1n) is 5.08. The standard InChI is InChI=1S/C11H13FINS/c12-8-5-11(10(14)6-9(8)13)15-7-3-1-2-4-7/h5-7H,1-4,14H2. The van der Waals surface area contributed by atoms with E-state index in [1.807, 2.05) is 22.6 Å². The summed E-state index contributed by atoms with van der Waals surface area (Å²) in [6.07, 6.45) is 5.06. The van der Waals surface area contributed by atoms with Crippen molar-refractivity contribution in [2.75, 3.05) is 5.73 Å². The maximum absolute atomic E-state index is 13.4. The average Bonchev–Trinajstić information content (AvgIpc) is 2.67. The van der Waals surface area contributed by atoms with Gasteiger partial charge in [0.25, 0.3) is 0 Å². The fourth-order valence-corrected chi connectivity index (χ4v) is 3.62. The Morgan fingerprint density at radius 2 is 2.00 bits per heavy atom. The van der Waals surface area contributed by atoms with Crippen LogP contribution in [0.4, 0.5) is 10.1 Å². The zero-order valence-corrected chi connectivity index (χ0v) is 11.3. The van der Waals surface area contributed by atoms with E-state index >= 15 is 0 Å². The van der Waals surface area contributed by atoms with E-state index in [4.69, 9.17) is 5.73 Å². The van der Waals surface area contributed by atoms with Gasteiger partial charge in [-0.25, -0.2) is 4.39 Å². The lowest BCUT2D eigenvalue weighted by Crippen LogP contribution is -1.98. The van der Waals surface area contributed by atoms with Gasteiger partial charge in [-0.2, -0.15) is 0 Å². The van der Waals surface area contributed by atoms with Crippen LogP contribution in [-0.2, 0) is 0 Å². The first-order valence-corrected chi connectivity index (χ1v) is 7.04. The third kappa shape index (κ3) is 2.78. The molecule has 1 fully saturated rings. The molecule has 82 valence electrons. The Hall–Kier alpha value is 0.0300. The highest BCUT2D eigenvalue weighted by atomic mass is 127. The van der Waals surface area contributed by atoms with E-state index in [2.05, 4.69) is 0 Å². The molecule has 0 saturated heterocycles. The van der Waals surface area contributed by atoms with Crippen LogP contribution < -0.4 is 5.73 Å². The van der Waals surface area contributed by atoms with Crippen molar-refractivity contribution in [1.82, 2.24) is 0 Å². The lowest BCUT2D eigenvalue weighted by molar-refractivity contribution is 0.617. The van der Waals surface area contributed by atoms with E-state index in [0.29, 0.717) is 14.5 Å². The zero-order chi connectivity index (χ0) is 10.8. The molecule has 0 unspecified atom stereocenters. The van der Waals surface area contributed by atoms with Crippen LogP contribution in [-0.4, -0.2) is 5.25 Å². The Morgan fingerprint density at radius 1 is 1.33 bits per heavy atom. The maximum atomic E-state index is 13.4. The Morgan fingerprint density at radius 3 is 2.67 bits per heavy atom. The van der Waals surface area contributed by atoms with Crippen molar-refractivity contribution in [2.24, 2.45) is 0 Å². The van der Waals surface area contributed by atoms with Crippen molar-refractivity contribution >= 4 is 40.0 Å². The van der Waals surface area contributed by atoms with Gasteiger partial charge < -0.3 is 5.73 Å². The van der Waals surface area contributed by atoms with Gasteiger partial charge in [-0.1, -0.05) is 12.8 Å². The topological polar surface area (TPSA) is 26.0 Å². The van der Waals surface area contributed by atoms with Crippen molar-refractivity contribution < 1.29 is 4.39 Å². The van der Waals surface area contributed by atoms with Crippen molar-refractivity contribution in [1.29, 1.82) is 0 Å². The van der Waals surface area contributed by atoms with Crippen LogP contribution in [0.3, 0.4) is 0 Å². The van der Waals surface area contributed by atoms with Crippen LogP contribution in [0.25, 0.3) is 0 Å². The number of nitrogen functional groups attached to an aromatic ring is 1. The number of thioether (sulfide) groups is 1. The van der Waals surface area contributed by atoms with Gasteiger partial charge in [0.2, 0.25) is 0 Å². The van der Waals surface area contributed by atoms with Crippen LogP contribution >= 0.6 is 34.4 Å². The Labute approximate surface area is 107 Å². The summed E-state index contributed by atoms with van der Waals surface area (Å²) in [6, 6.07) is 3.28. The second kappa shape index (κ2) is 4.91. The maximum Gasteiger partial charge on any atom is 0.137 e. The van der Waals surface area contributed by atoms with Gasteiger partial charge in [0.15, 0.2) is 0 Å². The summed E-state index contributed by atoms with van der Waals surface area (Å²) in [5, 5.41) is 0.631. The summed E-state index contributed by atoms with van der Waals surface area (Å²) in [5.74, 6) is -0.162. The molecular formula is C11H13FINS. The van der Waals surface area contributed by atoms with E-state index in [1.165, 1.54) is 25.7 Å². The number of anilines is 1. The number of benzene rings is 1. The molecule has 1 saturated carbocycles. The summed E-state index contributed by atoms with van der Waals surface area (Å²) in [7, 11) is 0. The molecule has 0 heterocycles. The molecule has 0 atom stereocenters. The van der Waals surface area contributed by atoms with Gasteiger partial charge in [0, 0.05) is 15.8 Å². The Kier molecular flexibility index (Phi) is 3.77. The predicted octanol–water partition coefficient (Wildman–Crippen LogP) is 4.05. The number of nitrogens with two attached hydrogens (primary N) is 1. The Bertz CT molecular complexity index is 364. The van der Waals surface area contributed by atoms with Gasteiger partial charge in [0.05, 0.1) is 3.57 Å². The van der Waals surface area contributed by atoms with Gasteiger partial charge >= 0.3 is 0 Å². The molecule has 4 heteroatoms. The molecular weight excluding hydrogens is 324 g/mol. The van der Waals surface area contributed by atoms with E-state index < -0.39 is 0 Å². The summed E-state index contributed by atoms with van der Waals surface area (Å²) in [4.78, 5) is 0.903. The minimum absolute atomic E-state index is 0.162. The second-order valence-corrected chi connectivity index (χ2v) is 6.33. The number of rotatable bonds is 2. The summed E-state index contributed by atoms with van der Waals surface area (Å²) >= 11 is 3.70. The summed E-state index contributed by atoms with van der Waals surface area (Å²) < 4.78 is 14.0. The van der Waals surface area contributed by atoms with E-state index in [-0.39, 0.29) is 5.82 Å². The molecule has 0 amide bonds. The molecule has 1 aliphatic rings. The van der Waals surface area contributed by atoms with Crippen molar-refractivity contribution in [2.45, 2.75) is 35.8 Å². The number of hydrogen-bond acceptors (Lipinski definition) is 2. The van der Waals surface area contributed by atoms with Crippen molar-refractivity contribution in [3.63, 3.8) is 0 Å². The lowest BCUT2D eigenvalue weighted by Gasteiger charge is -2.11.